The number of para-hydroxylation sites is 1. The fourth-order valence-electron chi connectivity index (χ4n) is 8.88. The molecule has 1 saturated heterocycles. The topological polar surface area (TPSA) is 210 Å². The molecular weight excluding hydrogens is 1070 g/mol. The summed E-state index contributed by atoms with van der Waals surface area (Å²) in [7, 11) is 3.13. The molecule has 0 aliphatic carbocycles. The number of carbonyl (C=O) groups is 6. The lowest BCUT2D eigenvalue weighted by Gasteiger charge is -2.36. The number of carbonyl (C=O) groups excluding carboxylic acids is 6. The van der Waals surface area contributed by atoms with Crippen molar-refractivity contribution in [3.05, 3.63) is 119 Å². The van der Waals surface area contributed by atoms with Crippen LogP contribution in [0.5, 0.6) is 17.2 Å². The van der Waals surface area contributed by atoms with Crippen LogP contribution in [0.1, 0.15) is 99.6 Å². The fraction of sp³-hybridized carbons (Fsp3) is 0.483. The SMILES string of the molecule is CCC(C)(C)C(=O)C(=O)N1CCCC[C@H]1C(=O)O[C@H](CCc1ccc(OC)c(OC)c1)c1cccc(OCC(=O)NCCCOCCOCCOCCCN(C(=O)CCl)C(C(=O)NCc2ccccc2)c2nc3ccccc3s2)c1. The first-order valence-electron chi connectivity index (χ1n) is 27.3. The third kappa shape index (κ3) is 18.7. The predicted octanol–water partition coefficient (Wildman–Crippen LogP) is 8.37. The Morgan fingerprint density at radius 3 is 2.23 bits per heavy atom. The molecule has 1 unspecified atom stereocenters. The zero-order chi connectivity index (χ0) is 57.3. The van der Waals surface area contributed by atoms with Crippen LogP contribution in [0.25, 0.3) is 10.2 Å². The van der Waals surface area contributed by atoms with E-state index in [1.54, 1.807) is 46.3 Å². The van der Waals surface area contributed by atoms with E-state index in [1.807, 2.05) is 85.8 Å². The number of nitrogens with zero attached hydrogens (tertiary/aromatic N) is 3. The Morgan fingerprint density at radius 2 is 1.51 bits per heavy atom. The number of alkyl halides is 1. The van der Waals surface area contributed by atoms with Crippen LogP contribution in [-0.4, -0.2) is 142 Å². The van der Waals surface area contributed by atoms with Crippen molar-refractivity contribution < 1.29 is 61.9 Å². The highest BCUT2D eigenvalue weighted by Crippen LogP contribution is 2.34. The first-order chi connectivity index (χ1) is 38.8. The zero-order valence-corrected chi connectivity index (χ0v) is 48.1. The Hall–Kier alpha value is -6.64. The number of benzene rings is 4. The standard InChI is InChI=1S/C60H76ClN5O13S/c1-6-60(2,3)55(69)58(71)65-29-13-12-22-47(65)59(72)79-48(26-24-42-25-27-49(73-4)50(37-42)74-5)44-19-14-20-45(38-44)78-41-52(67)62-28-15-31-75-33-35-77-36-34-76-32-16-30-66(53(68)39-61)54(56(70)63-40-43-17-8-7-9-18-43)57-64-46-21-10-11-23-51(46)80-57/h7-11,14,17-21,23,25,27,37-38,47-48,54H,6,12-13,15-16,22,24,26,28-36,39-41H2,1-5H3,(H,62,67)(H,63,70)/t47-,48+,54?/m0/s1. The number of rotatable bonds is 34. The van der Waals surface area contributed by atoms with Gasteiger partial charge in [0.15, 0.2) is 24.1 Å². The van der Waals surface area contributed by atoms with Crippen LogP contribution in [0.4, 0.5) is 0 Å². The minimum absolute atomic E-state index is 0.225. The monoisotopic (exact) mass is 1140 g/mol. The minimum atomic E-state index is -0.971. The maximum Gasteiger partial charge on any atom is 0.329 e. The average molecular weight is 1140 g/mol. The molecule has 18 nitrogen and oxygen atoms in total. The largest absolute Gasteiger partial charge is 0.493 e. The summed E-state index contributed by atoms with van der Waals surface area (Å²) < 4.78 is 41.2. The molecule has 1 fully saturated rings. The number of esters is 1. The van der Waals surface area contributed by atoms with Crippen LogP contribution in [0, 0.1) is 5.41 Å². The van der Waals surface area contributed by atoms with Crippen LogP contribution in [0.15, 0.2) is 97.1 Å². The van der Waals surface area contributed by atoms with Gasteiger partial charge in [0, 0.05) is 44.8 Å². The number of halogens is 1. The number of amides is 4. The van der Waals surface area contributed by atoms with Crippen molar-refractivity contribution in [1.29, 1.82) is 0 Å². The van der Waals surface area contributed by atoms with Gasteiger partial charge in [-0.15, -0.1) is 22.9 Å². The molecule has 4 aromatic carbocycles. The van der Waals surface area contributed by atoms with Crippen molar-refractivity contribution in [2.45, 2.75) is 96.9 Å². The van der Waals surface area contributed by atoms with Crippen LogP contribution in [0.2, 0.25) is 0 Å². The van der Waals surface area contributed by atoms with E-state index in [1.165, 1.54) is 21.1 Å². The van der Waals surface area contributed by atoms with Gasteiger partial charge in [0.05, 0.1) is 50.9 Å². The molecule has 4 amide bonds. The lowest BCUT2D eigenvalue weighted by Crippen LogP contribution is -2.53. The molecule has 6 rings (SSSR count). The summed E-state index contributed by atoms with van der Waals surface area (Å²) in [6.45, 7) is 8.30. The highest BCUT2D eigenvalue weighted by Gasteiger charge is 2.41. The number of fused-ring (bicyclic) bond motifs is 1. The highest BCUT2D eigenvalue weighted by molar-refractivity contribution is 7.18. The van der Waals surface area contributed by atoms with E-state index < -0.39 is 41.3 Å². The average Bonchev–Trinajstić information content (AvgIpc) is 3.96. The first-order valence-corrected chi connectivity index (χ1v) is 28.6. The van der Waals surface area contributed by atoms with Crippen molar-refractivity contribution >= 4 is 68.5 Å². The molecule has 432 valence electrons. The van der Waals surface area contributed by atoms with E-state index >= 15 is 0 Å². The Balaban J connectivity index is 0.896. The number of piperidine rings is 1. The Morgan fingerprint density at radius 1 is 0.800 bits per heavy atom. The Labute approximate surface area is 478 Å². The van der Waals surface area contributed by atoms with Crippen LogP contribution >= 0.6 is 22.9 Å². The highest BCUT2D eigenvalue weighted by atomic mass is 35.5. The molecule has 0 radical (unpaired) electrons. The van der Waals surface area contributed by atoms with Crippen molar-refractivity contribution in [1.82, 2.24) is 25.4 Å². The van der Waals surface area contributed by atoms with Gasteiger partial charge >= 0.3 is 5.97 Å². The number of ether oxygens (including phenoxy) is 7. The number of likely N-dealkylation sites (tertiary alicyclic amines) is 1. The number of hydrogen-bond acceptors (Lipinski definition) is 15. The second-order valence-corrected chi connectivity index (χ2v) is 21.2. The number of hydrogen-bond donors (Lipinski definition) is 2. The molecule has 1 aliphatic rings. The molecule has 20 heteroatoms. The van der Waals surface area contributed by atoms with Gasteiger partial charge in [0.1, 0.15) is 28.8 Å². The lowest BCUT2D eigenvalue weighted by atomic mass is 9.84. The lowest BCUT2D eigenvalue weighted by molar-refractivity contribution is -0.164. The second-order valence-electron chi connectivity index (χ2n) is 19.8. The third-order valence-electron chi connectivity index (χ3n) is 13.8. The molecule has 0 bridgehead atoms. The summed E-state index contributed by atoms with van der Waals surface area (Å²) in [4.78, 5) is 88.3. The Bertz CT molecular complexity index is 2760. The predicted molar refractivity (Wildman–Crippen MR) is 305 cm³/mol. The van der Waals surface area contributed by atoms with Gasteiger partial charge in [-0.3, -0.25) is 24.0 Å². The number of ketones is 1. The van der Waals surface area contributed by atoms with Gasteiger partial charge in [-0.05, 0) is 104 Å². The summed E-state index contributed by atoms with van der Waals surface area (Å²) in [5, 5.41) is 6.33. The van der Waals surface area contributed by atoms with E-state index in [2.05, 4.69) is 10.6 Å². The van der Waals surface area contributed by atoms with E-state index in [9.17, 15) is 28.8 Å². The molecule has 5 aromatic rings. The number of aryl methyl sites for hydroxylation is 1. The van der Waals surface area contributed by atoms with Gasteiger partial charge in [-0.2, -0.15) is 0 Å². The van der Waals surface area contributed by atoms with E-state index in [4.69, 9.17) is 49.7 Å². The molecule has 2 N–H and O–H groups in total. The van der Waals surface area contributed by atoms with Crippen molar-refractivity contribution in [2.75, 3.05) is 86.0 Å². The number of aromatic nitrogens is 1. The molecule has 1 aromatic heterocycles. The molecule has 0 saturated carbocycles. The van der Waals surface area contributed by atoms with E-state index in [0.29, 0.717) is 132 Å². The normalized spacial score (nSPS) is 14.2. The summed E-state index contributed by atoms with van der Waals surface area (Å²) in [5.74, 6) is -1.58. The Kier molecular flexibility index (Phi) is 25.5. The summed E-state index contributed by atoms with van der Waals surface area (Å²) in [5.41, 5.74) is 2.36. The molecule has 0 spiro atoms. The van der Waals surface area contributed by atoms with Crippen LogP contribution in [0.3, 0.4) is 0 Å². The third-order valence-corrected chi connectivity index (χ3v) is 15.1. The molecule has 3 atom stereocenters. The number of methoxy groups -OCH3 is 2. The van der Waals surface area contributed by atoms with Gasteiger partial charge in [-0.1, -0.05) is 81.4 Å². The maximum atomic E-state index is 14.1. The van der Waals surface area contributed by atoms with Crippen LogP contribution in [-0.2, 0) is 60.7 Å². The maximum absolute atomic E-state index is 14.1. The van der Waals surface area contributed by atoms with Crippen molar-refractivity contribution in [3.8, 4) is 17.2 Å². The summed E-state index contributed by atoms with van der Waals surface area (Å²) in [6.07, 6.45) is 3.35. The van der Waals surface area contributed by atoms with Crippen LogP contribution < -0.4 is 24.8 Å². The summed E-state index contributed by atoms with van der Waals surface area (Å²) >= 11 is 7.45. The number of thiazole rings is 1. The first kappa shape index (κ1) is 62.6. The zero-order valence-electron chi connectivity index (χ0n) is 46.5. The quantitative estimate of drug-likeness (QED) is 0.0172. The van der Waals surface area contributed by atoms with E-state index in [-0.39, 0.29) is 43.3 Å². The molecule has 80 heavy (non-hydrogen) atoms. The fourth-order valence-corrected chi connectivity index (χ4v) is 10.1. The second kappa shape index (κ2) is 32.6. The summed E-state index contributed by atoms with van der Waals surface area (Å²) in [6, 6.07) is 27.9. The van der Waals surface area contributed by atoms with Crippen molar-refractivity contribution in [3.63, 3.8) is 0 Å². The number of Topliss-reactive ketones (excluding diaryl/α,β-unsaturated/α-hetero) is 1. The van der Waals surface area contributed by atoms with E-state index in [0.717, 1.165) is 21.3 Å². The number of nitrogens with one attached hydrogen (secondary N) is 2. The minimum Gasteiger partial charge on any atom is -0.493 e. The van der Waals surface area contributed by atoms with Crippen molar-refractivity contribution in [2.24, 2.45) is 5.41 Å². The van der Waals surface area contributed by atoms with Gasteiger partial charge in [0.2, 0.25) is 17.6 Å². The molecule has 2 heterocycles. The van der Waals surface area contributed by atoms with Gasteiger partial charge in [0.25, 0.3) is 11.8 Å². The van der Waals surface area contributed by atoms with Gasteiger partial charge < -0.3 is 53.6 Å². The van der Waals surface area contributed by atoms with Gasteiger partial charge in [-0.25, -0.2) is 9.78 Å². The molecule has 1 aliphatic heterocycles. The smallest absolute Gasteiger partial charge is 0.329 e. The molecular formula is C60H76ClN5O13S.